The zero-order chi connectivity index (χ0) is 24.5. The number of halogens is 1. The van der Waals surface area contributed by atoms with Crippen molar-refractivity contribution in [2.75, 3.05) is 56.2 Å². The zero-order valence-corrected chi connectivity index (χ0v) is 19.8. The third-order valence-electron chi connectivity index (χ3n) is 6.25. The molecule has 2 fully saturated rings. The lowest BCUT2D eigenvalue weighted by molar-refractivity contribution is 0.132. The Morgan fingerprint density at radius 1 is 1.35 bits per heavy atom. The number of dihydropyridines is 1. The van der Waals surface area contributed by atoms with Crippen molar-refractivity contribution in [3.05, 3.63) is 41.7 Å². The largest absolute Gasteiger partial charge is 0.453 e. The molecule has 3 aliphatic rings. The number of aliphatic imine (C=N–C) groups is 1. The molecule has 3 heterocycles. The molecule has 0 aromatic heterocycles. The third kappa shape index (κ3) is 5.01. The van der Waals surface area contributed by atoms with Gasteiger partial charge in [0.25, 0.3) is 0 Å². The molecule has 4 rings (SSSR count). The molecule has 1 aromatic rings. The molecule has 10 nitrogen and oxygen atoms in total. The number of alkyl carbamates (subject to hydrolysis) is 1. The van der Waals surface area contributed by atoms with Gasteiger partial charge in [-0.2, -0.15) is 0 Å². The Morgan fingerprint density at radius 3 is 2.71 bits per heavy atom. The number of hydrogen-bond donors (Lipinski definition) is 1. The van der Waals surface area contributed by atoms with E-state index in [4.69, 9.17) is 4.74 Å². The summed E-state index contributed by atoms with van der Waals surface area (Å²) in [6.45, 7) is 3.23. The number of ether oxygens (including phenoxy) is 2. The van der Waals surface area contributed by atoms with E-state index in [1.807, 2.05) is 24.0 Å². The van der Waals surface area contributed by atoms with Crippen molar-refractivity contribution in [3.8, 4) is 0 Å². The van der Waals surface area contributed by atoms with Gasteiger partial charge in [-0.05, 0) is 23.8 Å². The molecule has 1 aromatic carbocycles. The van der Waals surface area contributed by atoms with E-state index >= 15 is 4.39 Å². The van der Waals surface area contributed by atoms with E-state index in [-0.39, 0.29) is 24.6 Å². The standard InChI is InChI=1S/C22H27FN4O6S/c1-22(6-5-19(25-14-22)26-7-9-34(30,31)10-8-26)17-4-3-15(11-18(17)23)27-13-16(33-21(27)29)12-24-20(28)32-2/h3-6,11,16H,7-10,12-14H2,1-2H3,(H,24,28). The van der Waals surface area contributed by atoms with Gasteiger partial charge in [-0.15, -0.1) is 0 Å². The van der Waals surface area contributed by atoms with Gasteiger partial charge in [-0.25, -0.2) is 22.4 Å². The Balaban J connectivity index is 1.42. The Hall–Kier alpha value is -3.15. The van der Waals surface area contributed by atoms with E-state index in [1.165, 1.54) is 18.1 Å². The van der Waals surface area contributed by atoms with Crippen LogP contribution in [0.5, 0.6) is 0 Å². The summed E-state index contributed by atoms with van der Waals surface area (Å²) in [5.74, 6) is 0.435. The highest BCUT2D eigenvalue weighted by Crippen LogP contribution is 2.33. The summed E-state index contributed by atoms with van der Waals surface area (Å²) in [5, 5.41) is 2.47. The highest BCUT2D eigenvalue weighted by molar-refractivity contribution is 7.91. The van der Waals surface area contributed by atoms with E-state index in [0.29, 0.717) is 36.7 Å². The molecule has 2 amide bonds. The molecule has 2 saturated heterocycles. The predicted octanol–water partition coefficient (Wildman–Crippen LogP) is 1.46. The lowest BCUT2D eigenvalue weighted by Gasteiger charge is -2.34. The molecule has 0 radical (unpaired) electrons. The van der Waals surface area contributed by atoms with Crippen molar-refractivity contribution in [3.63, 3.8) is 0 Å². The van der Waals surface area contributed by atoms with Crippen molar-refractivity contribution in [1.82, 2.24) is 10.2 Å². The molecule has 0 bridgehead atoms. The molecule has 34 heavy (non-hydrogen) atoms. The van der Waals surface area contributed by atoms with Crippen molar-refractivity contribution in [1.29, 1.82) is 0 Å². The number of amides is 2. The molecule has 1 N–H and O–H groups in total. The van der Waals surface area contributed by atoms with Gasteiger partial charge in [0.05, 0.1) is 43.9 Å². The van der Waals surface area contributed by atoms with E-state index < -0.39 is 39.4 Å². The van der Waals surface area contributed by atoms with Crippen molar-refractivity contribution in [2.24, 2.45) is 4.99 Å². The van der Waals surface area contributed by atoms with Crippen molar-refractivity contribution >= 4 is 33.5 Å². The number of hydrogen-bond acceptors (Lipinski definition) is 8. The Bertz CT molecular complexity index is 1140. The van der Waals surface area contributed by atoms with Crippen LogP contribution in [0, 0.1) is 5.82 Å². The molecule has 184 valence electrons. The average Bonchev–Trinajstić information content (AvgIpc) is 3.18. The van der Waals surface area contributed by atoms with Crippen LogP contribution in [0.15, 0.2) is 35.3 Å². The Kier molecular flexibility index (Phi) is 6.52. The van der Waals surface area contributed by atoms with Crippen LogP contribution >= 0.6 is 0 Å². The van der Waals surface area contributed by atoms with Gasteiger partial charge >= 0.3 is 12.2 Å². The molecule has 0 spiro atoms. The summed E-state index contributed by atoms with van der Waals surface area (Å²) in [6.07, 6.45) is 1.87. The summed E-state index contributed by atoms with van der Waals surface area (Å²) in [4.78, 5) is 31.3. The van der Waals surface area contributed by atoms with Crippen LogP contribution in [0.3, 0.4) is 0 Å². The maximum atomic E-state index is 15.2. The summed E-state index contributed by atoms with van der Waals surface area (Å²) in [6, 6.07) is 4.58. The monoisotopic (exact) mass is 494 g/mol. The number of nitrogens with zero attached hydrogens (tertiary/aromatic N) is 3. The molecular weight excluding hydrogens is 467 g/mol. The minimum Gasteiger partial charge on any atom is -0.453 e. The quantitative estimate of drug-likeness (QED) is 0.673. The average molecular weight is 495 g/mol. The van der Waals surface area contributed by atoms with E-state index in [9.17, 15) is 18.0 Å². The van der Waals surface area contributed by atoms with Gasteiger partial charge in [0.15, 0.2) is 9.84 Å². The Morgan fingerprint density at radius 2 is 2.09 bits per heavy atom. The maximum absolute atomic E-state index is 15.2. The summed E-state index contributed by atoms with van der Waals surface area (Å²) in [7, 11) is -1.75. The second-order valence-corrected chi connectivity index (χ2v) is 11.0. The number of sulfone groups is 1. The second kappa shape index (κ2) is 9.24. The van der Waals surface area contributed by atoms with Crippen LogP contribution in [0.4, 0.5) is 19.7 Å². The molecule has 0 saturated carbocycles. The molecule has 3 aliphatic heterocycles. The summed E-state index contributed by atoms with van der Waals surface area (Å²) < 4.78 is 48.2. The van der Waals surface area contributed by atoms with Crippen LogP contribution in [0.1, 0.15) is 12.5 Å². The number of nitrogens with one attached hydrogen (secondary N) is 1. The van der Waals surface area contributed by atoms with E-state index in [2.05, 4.69) is 15.0 Å². The van der Waals surface area contributed by atoms with Crippen LogP contribution in [0.25, 0.3) is 0 Å². The fourth-order valence-electron chi connectivity index (χ4n) is 4.17. The topological polar surface area (TPSA) is 118 Å². The first-order valence-electron chi connectivity index (χ1n) is 10.9. The first kappa shape index (κ1) is 24.0. The third-order valence-corrected chi connectivity index (χ3v) is 7.86. The SMILES string of the molecule is COC(=O)NCC1CN(c2ccc(C3(C)C=CC(N4CCS(=O)(=O)CC4)=NC3)c(F)c2)C(=O)O1. The predicted molar refractivity (Wildman–Crippen MR) is 123 cm³/mol. The van der Waals surface area contributed by atoms with Gasteiger partial charge in [0.2, 0.25) is 0 Å². The fourth-order valence-corrected chi connectivity index (χ4v) is 5.38. The number of anilines is 1. The minimum absolute atomic E-state index is 0.0850. The minimum atomic E-state index is -2.98. The number of carbonyl (C=O) groups is 2. The summed E-state index contributed by atoms with van der Waals surface area (Å²) in [5.41, 5.74) is 0.105. The van der Waals surface area contributed by atoms with E-state index in [0.717, 1.165) is 0 Å². The molecule has 2 atom stereocenters. The molecule has 12 heteroatoms. The Labute approximate surface area is 197 Å². The van der Waals surface area contributed by atoms with Gasteiger partial charge in [0, 0.05) is 18.5 Å². The first-order chi connectivity index (χ1) is 16.1. The zero-order valence-electron chi connectivity index (χ0n) is 19.0. The highest BCUT2D eigenvalue weighted by atomic mass is 32.2. The van der Waals surface area contributed by atoms with E-state index in [1.54, 1.807) is 12.1 Å². The van der Waals surface area contributed by atoms with Crippen LogP contribution < -0.4 is 10.2 Å². The lowest BCUT2D eigenvalue weighted by Crippen LogP contribution is -2.44. The lowest BCUT2D eigenvalue weighted by atomic mass is 9.80. The second-order valence-electron chi connectivity index (χ2n) is 8.72. The number of amidine groups is 1. The number of benzene rings is 1. The van der Waals surface area contributed by atoms with Crippen LogP contribution in [0.2, 0.25) is 0 Å². The number of carbonyl (C=O) groups excluding carboxylic acids is 2. The van der Waals surface area contributed by atoms with Crippen LogP contribution in [-0.4, -0.2) is 88.8 Å². The molecule has 0 aliphatic carbocycles. The highest BCUT2D eigenvalue weighted by Gasteiger charge is 2.35. The van der Waals surface area contributed by atoms with Gasteiger partial charge in [-0.1, -0.05) is 19.1 Å². The summed E-state index contributed by atoms with van der Waals surface area (Å²) >= 11 is 0. The number of rotatable bonds is 4. The first-order valence-corrected chi connectivity index (χ1v) is 12.7. The molecular formula is C22H27FN4O6S. The number of cyclic esters (lactones) is 1. The maximum Gasteiger partial charge on any atom is 0.414 e. The van der Waals surface area contributed by atoms with Gasteiger partial charge in [-0.3, -0.25) is 9.89 Å². The number of methoxy groups -OCH3 is 1. The molecule has 2 unspecified atom stereocenters. The van der Waals surface area contributed by atoms with Crippen molar-refractivity contribution < 1.29 is 31.9 Å². The van der Waals surface area contributed by atoms with Crippen molar-refractivity contribution in [2.45, 2.75) is 18.4 Å². The van der Waals surface area contributed by atoms with Gasteiger partial charge in [0.1, 0.15) is 17.8 Å². The van der Waals surface area contributed by atoms with Crippen LogP contribution in [-0.2, 0) is 24.7 Å². The van der Waals surface area contributed by atoms with Gasteiger partial charge < -0.3 is 19.7 Å². The normalized spacial score (nSPS) is 26.1. The smallest absolute Gasteiger partial charge is 0.414 e. The fraction of sp³-hybridized carbons (Fsp3) is 0.500.